The molecule has 1 unspecified atom stereocenters. The van der Waals surface area contributed by atoms with E-state index in [4.69, 9.17) is 5.73 Å². The Balaban J connectivity index is 2.80. The summed E-state index contributed by atoms with van der Waals surface area (Å²) in [7, 11) is 0. The lowest BCUT2D eigenvalue weighted by atomic mass is 10.1. The molecule has 1 amide bonds. The van der Waals surface area contributed by atoms with E-state index in [0.717, 1.165) is 25.0 Å². The summed E-state index contributed by atoms with van der Waals surface area (Å²) in [5, 5.41) is 7.33. The van der Waals surface area contributed by atoms with Gasteiger partial charge in [-0.25, -0.2) is 0 Å². The average Bonchev–Trinajstić information content (AvgIpc) is 2.76. The molecule has 5 heteroatoms. The van der Waals surface area contributed by atoms with E-state index in [0.29, 0.717) is 12.1 Å². The molecule has 5 nitrogen and oxygen atoms in total. The molecule has 1 aromatic rings. The maximum absolute atomic E-state index is 12.3. The molecule has 114 valence electrons. The van der Waals surface area contributed by atoms with Gasteiger partial charge in [0.15, 0.2) is 0 Å². The zero-order valence-electron chi connectivity index (χ0n) is 13.4. The molecule has 0 aliphatic heterocycles. The van der Waals surface area contributed by atoms with Crippen molar-refractivity contribution in [2.24, 2.45) is 5.73 Å². The highest BCUT2D eigenvalue weighted by Crippen LogP contribution is 2.18. The Bertz CT molecular complexity index is 445. The summed E-state index contributed by atoms with van der Waals surface area (Å²) in [4.78, 5) is 12.3. The minimum atomic E-state index is -0.127. The van der Waals surface area contributed by atoms with Gasteiger partial charge < -0.3 is 11.1 Å². The SMILES string of the molecule is CCCCC(CN)NC(=O)c1cnn(C(C)(C)C)c1C. The molecule has 1 aromatic heterocycles. The van der Waals surface area contributed by atoms with E-state index in [1.165, 1.54) is 0 Å². The summed E-state index contributed by atoms with van der Waals surface area (Å²) in [6, 6.07) is 0.0415. The fourth-order valence-corrected chi connectivity index (χ4v) is 2.27. The van der Waals surface area contributed by atoms with Gasteiger partial charge in [-0.3, -0.25) is 9.48 Å². The Kier molecular flexibility index (Phi) is 5.74. The molecule has 1 atom stereocenters. The molecule has 0 bridgehead atoms. The van der Waals surface area contributed by atoms with Crippen molar-refractivity contribution in [3.05, 3.63) is 17.5 Å². The van der Waals surface area contributed by atoms with Crippen LogP contribution in [0.5, 0.6) is 0 Å². The Morgan fingerprint density at radius 3 is 2.60 bits per heavy atom. The van der Waals surface area contributed by atoms with Crippen LogP contribution in [-0.4, -0.2) is 28.3 Å². The van der Waals surface area contributed by atoms with Gasteiger partial charge in [0.25, 0.3) is 5.91 Å². The summed E-state index contributed by atoms with van der Waals surface area (Å²) in [5.74, 6) is -0.0791. The topological polar surface area (TPSA) is 72.9 Å². The molecule has 0 aliphatic carbocycles. The molecule has 0 spiro atoms. The minimum Gasteiger partial charge on any atom is -0.348 e. The molecule has 1 heterocycles. The highest BCUT2D eigenvalue weighted by molar-refractivity contribution is 5.95. The van der Waals surface area contributed by atoms with Gasteiger partial charge in [0.1, 0.15) is 0 Å². The highest BCUT2D eigenvalue weighted by Gasteiger charge is 2.22. The first-order valence-corrected chi connectivity index (χ1v) is 7.37. The number of unbranched alkanes of at least 4 members (excludes halogenated alkanes) is 1. The smallest absolute Gasteiger partial charge is 0.255 e. The van der Waals surface area contributed by atoms with E-state index in [1.54, 1.807) is 6.20 Å². The molecule has 0 radical (unpaired) electrons. The predicted octanol–water partition coefficient (Wildman–Crippen LogP) is 2.19. The van der Waals surface area contributed by atoms with Gasteiger partial charge in [0, 0.05) is 18.3 Å². The standard InChI is InChI=1S/C15H28N4O/c1-6-7-8-12(9-16)18-14(20)13-10-17-19(11(13)2)15(3,4)5/h10,12H,6-9,16H2,1-5H3,(H,18,20). The Hall–Kier alpha value is -1.36. The predicted molar refractivity (Wildman–Crippen MR) is 81.8 cm³/mol. The first-order valence-electron chi connectivity index (χ1n) is 7.37. The van der Waals surface area contributed by atoms with Gasteiger partial charge in [-0.05, 0) is 34.1 Å². The van der Waals surface area contributed by atoms with Crippen molar-refractivity contribution in [1.29, 1.82) is 0 Å². The number of hydrogen-bond donors (Lipinski definition) is 2. The molecule has 20 heavy (non-hydrogen) atoms. The number of hydrogen-bond acceptors (Lipinski definition) is 3. The summed E-state index contributed by atoms with van der Waals surface area (Å²) in [6.07, 6.45) is 4.74. The van der Waals surface area contributed by atoms with Crippen LogP contribution in [0.1, 0.15) is 63.0 Å². The number of carbonyl (C=O) groups excluding carboxylic acids is 1. The summed E-state index contributed by atoms with van der Waals surface area (Å²) in [5.41, 5.74) is 7.11. The molecule has 0 fully saturated rings. The molecule has 0 saturated carbocycles. The van der Waals surface area contributed by atoms with Crippen LogP contribution in [0, 0.1) is 6.92 Å². The van der Waals surface area contributed by atoms with Crippen molar-refractivity contribution in [2.75, 3.05) is 6.54 Å². The third kappa shape index (κ3) is 4.07. The Morgan fingerprint density at radius 1 is 1.50 bits per heavy atom. The Labute approximate surface area is 121 Å². The second kappa shape index (κ2) is 6.88. The van der Waals surface area contributed by atoms with Crippen molar-refractivity contribution in [1.82, 2.24) is 15.1 Å². The van der Waals surface area contributed by atoms with E-state index in [-0.39, 0.29) is 17.5 Å². The van der Waals surface area contributed by atoms with Gasteiger partial charge in [0.05, 0.1) is 17.3 Å². The summed E-state index contributed by atoms with van der Waals surface area (Å²) in [6.45, 7) is 10.7. The van der Waals surface area contributed by atoms with Crippen molar-refractivity contribution in [2.45, 2.75) is 65.5 Å². The fraction of sp³-hybridized carbons (Fsp3) is 0.733. The lowest BCUT2D eigenvalue weighted by Crippen LogP contribution is -2.40. The molecule has 0 saturated heterocycles. The van der Waals surface area contributed by atoms with E-state index < -0.39 is 0 Å². The maximum atomic E-state index is 12.3. The van der Waals surface area contributed by atoms with Crippen molar-refractivity contribution < 1.29 is 4.79 Å². The molecular weight excluding hydrogens is 252 g/mol. The van der Waals surface area contributed by atoms with Gasteiger partial charge >= 0.3 is 0 Å². The molecular formula is C15H28N4O. The van der Waals surface area contributed by atoms with Crippen LogP contribution in [0.25, 0.3) is 0 Å². The summed E-state index contributed by atoms with van der Waals surface area (Å²) >= 11 is 0. The van der Waals surface area contributed by atoms with E-state index in [1.807, 2.05) is 11.6 Å². The molecule has 0 aromatic carbocycles. The third-order valence-corrected chi connectivity index (χ3v) is 3.42. The fourth-order valence-electron chi connectivity index (χ4n) is 2.27. The van der Waals surface area contributed by atoms with Crippen molar-refractivity contribution >= 4 is 5.91 Å². The largest absolute Gasteiger partial charge is 0.348 e. The monoisotopic (exact) mass is 280 g/mol. The lowest BCUT2D eigenvalue weighted by molar-refractivity contribution is 0.0935. The van der Waals surface area contributed by atoms with Gasteiger partial charge in [-0.1, -0.05) is 19.8 Å². The van der Waals surface area contributed by atoms with Crippen LogP contribution in [0.3, 0.4) is 0 Å². The number of amides is 1. The van der Waals surface area contributed by atoms with E-state index in [2.05, 4.69) is 38.1 Å². The van der Waals surface area contributed by atoms with Crippen molar-refractivity contribution in [3.63, 3.8) is 0 Å². The average molecular weight is 280 g/mol. The molecule has 1 rings (SSSR count). The second-order valence-electron chi connectivity index (χ2n) is 6.27. The lowest BCUT2D eigenvalue weighted by Gasteiger charge is -2.21. The first kappa shape index (κ1) is 16.7. The van der Waals surface area contributed by atoms with Crippen LogP contribution in [-0.2, 0) is 5.54 Å². The van der Waals surface area contributed by atoms with Crippen LogP contribution >= 0.6 is 0 Å². The number of carbonyl (C=O) groups is 1. The number of nitrogens with one attached hydrogen (secondary N) is 1. The minimum absolute atomic E-state index is 0.0415. The van der Waals surface area contributed by atoms with Crippen LogP contribution in [0.4, 0.5) is 0 Å². The van der Waals surface area contributed by atoms with E-state index in [9.17, 15) is 4.79 Å². The van der Waals surface area contributed by atoms with Gasteiger partial charge in [-0.15, -0.1) is 0 Å². The van der Waals surface area contributed by atoms with Crippen molar-refractivity contribution in [3.8, 4) is 0 Å². The van der Waals surface area contributed by atoms with Gasteiger partial charge in [0.2, 0.25) is 0 Å². The van der Waals surface area contributed by atoms with E-state index >= 15 is 0 Å². The maximum Gasteiger partial charge on any atom is 0.255 e. The molecule has 3 N–H and O–H groups in total. The first-order chi connectivity index (χ1) is 9.31. The highest BCUT2D eigenvalue weighted by atomic mass is 16.1. The Morgan fingerprint density at radius 2 is 2.15 bits per heavy atom. The number of rotatable bonds is 6. The third-order valence-electron chi connectivity index (χ3n) is 3.42. The number of nitrogens with two attached hydrogens (primary N) is 1. The quantitative estimate of drug-likeness (QED) is 0.839. The molecule has 0 aliphatic rings. The van der Waals surface area contributed by atoms with Crippen LogP contribution < -0.4 is 11.1 Å². The van der Waals surface area contributed by atoms with Gasteiger partial charge in [-0.2, -0.15) is 5.10 Å². The zero-order chi connectivity index (χ0) is 15.3. The zero-order valence-corrected chi connectivity index (χ0v) is 13.4. The number of aromatic nitrogens is 2. The number of nitrogens with zero attached hydrogens (tertiary/aromatic N) is 2. The normalized spacial score (nSPS) is 13.3. The summed E-state index contributed by atoms with van der Waals surface area (Å²) < 4.78 is 1.88. The second-order valence-corrected chi connectivity index (χ2v) is 6.27. The van der Waals surface area contributed by atoms with Crippen LogP contribution in [0.15, 0.2) is 6.20 Å². The van der Waals surface area contributed by atoms with Crippen LogP contribution in [0.2, 0.25) is 0 Å².